The smallest absolute Gasteiger partial charge is 0.348 e. The van der Waals surface area contributed by atoms with Crippen molar-refractivity contribution < 1.29 is 14.6 Å². The number of aromatic hydroxyl groups is 1. The lowest BCUT2D eigenvalue weighted by atomic mass is 9.94. The number of hydrogen-bond acceptors (Lipinski definition) is 6. The van der Waals surface area contributed by atoms with Crippen LogP contribution in [0.3, 0.4) is 0 Å². The van der Waals surface area contributed by atoms with E-state index in [0.717, 1.165) is 10.4 Å². The van der Waals surface area contributed by atoms with Crippen LogP contribution in [0.15, 0.2) is 33.9 Å². The van der Waals surface area contributed by atoms with Gasteiger partial charge in [-0.05, 0) is 31.5 Å². The van der Waals surface area contributed by atoms with Crippen LogP contribution in [-0.4, -0.2) is 26.3 Å². The molecular formula is C18H17N3O5S. The van der Waals surface area contributed by atoms with Crippen LogP contribution in [0.4, 0.5) is 0 Å². The summed E-state index contributed by atoms with van der Waals surface area (Å²) >= 11 is 1.31. The molecule has 8 nitrogen and oxygen atoms in total. The fraction of sp³-hybridized carbons (Fsp3) is 0.278. The van der Waals surface area contributed by atoms with Crippen molar-refractivity contribution in [2.75, 3.05) is 5.43 Å². The first kappa shape index (κ1) is 17.5. The molecular weight excluding hydrogens is 370 g/mol. The molecule has 0 radical (unpaired) electrons. The summed E-state index contributed by atoms with van der Waals surface area (Å²) in [7, 11) is 0. The molecule has 9 heteroatoms. The van der Waals surface area contributed by atoms with E-state index in [2.05, 4.69) is 10.4 Å². The second-order valence-electron chi connectivity index (χ2n) is 6.96. The lowest BCUT2D eigenvalue weighted by Gasteiger charge is -2.29. The standard InChI is InChI=1S/C18H17N3O5S/c1-18(2)7-10-12(8-26-18)27-15-13(10)16(24)21(17(25)19-15)20-14(23)9-5-3-4-6-11(9)22/h3-6,22H,7-8H2,1-2H3,(H,19,25)(H,20,23). The summed E-state index contributed by atoms with van der Waals surface area (Å²) in [5.74, 6) is -1.000. The Labute approximate surface area is 157 Å². The fourth-order valence-electron chi connectivity index (χ4n) is 3.15. The quantitative estimate of drug-likeness (QED) is 0.619. The normalized spacial score (nSPS) is 15.5. The number of nitrogens with zero attached hydrogens (tertiary/aromatic N) is 1. The summed E-state index contributed by atoms with van der Waals surface area (Å²) in [4.78, 5) is 41.7. The van der Waals surface area contributed by atoms with Gasteiger partial charge < -0.3 is 9.84 Å². The summed E-state index contributed by atoms with van der Waals surface area (Å²) in [6, 6.07) is 5.89. The number of phenolic OH excluding ortho intramolecular Hbond substituents is 1. The van der Waals surface area contributed by atoms with Gasteiger partial charge in [0.2, 0.25) is 0 Å². The minimum Gasteiger partial charge on any atom is -0.507 e. The number of thiophene rings is 1. The predicted octanol–water partition coefficient (Wildman–Crippen LogP) is 1.69. The third-order valence-electron chi connectivity index (χ3n) is 4.49. The maximum absolute atomic E-state index is 13.0. The molecule has 3 heterocycles. The third-order valence-corrected chi connectivity index (χ3v) is 5.61. The van der Waals surface area contributed by atoms with Gasteiger partial charge in [0.05, 0.1) is 23.2 Å². The molecule has 0 unspecified atom stereocenters. The molecule has 1 aliphatic heterocycles. The molecule has 27 heavy (non-hydrogen) atoms. The largest absolute Gasteiger partial charge is 0.507 e. The molecule has 0 bridgehead atoms. The van der Waals surface area contributed by atoms with Crippen LogP contribution < -0.4 is 16.7 Å². The van der Waals surface area contributed by atoms with Gasteiger partial charge in [-0.15, -0.1) is 11.3 Å². The predicted molar refractivity (Wildman–Crippen MR) is 101 cm³/mol. The molecule has 1 amide bonds. The maximum Gasteiger partial charge on any atom is 0.348 e. The second kappa shape index (κ2) is 6.07. The van der Waals surface area contributed by atoms with E-state index < -0.39 is 22.8 Å². The molecule has 1 aromatic carbocycles. The van der Waals surface area contributed by atoms with E-state index in [1.54, 1.807) is 12.1 Å². The van der Waals surface area contributed by atoms with Crippen LogP contribution in [0.5, 0.6) is 5.75 Å². The Morgan fingerprint density at radius 3 is 2.81 bits per heavy atom. The van der Waals surface area contributed by atoms with Gasteiger partial charge in [-0.2, -0.15) is 4.68 Å². The van der Waals surface area contributed by atoms with Crippen LogP contribution in [0, 0.1) is 0 Å². The number of H-pyrrole nitrogens is 1. The molecule has 0 aliphatic carbocycles. The molecule has 4 rings (SSSR count). The number of aromatic nitrogens is 2. The lowest BCUT2D eigenvalue weighted by molar-refractivity contribution is -0.0379. The Morgan fingerprint density at radius 1 is 1.33 bits per heavy atom. The van der Waals surface area contributed by atoms with Gasteiger partial charge >= 0.3 is 5.69 Å². The molecule has 3 N–H and O–H groups in total. The van der Waals surface area contributed by atoms with Gasteiger partial charge in [-0.3, -0.25) is 20.0 Å². The van der Waals surface area contributed by atoms with E-state index >= 15 is 0 Å². The van der Waals surface area contributed by atoms with Crippen molar-refractivity contribution in [1.29, 1.82) is 0 Å². The average molecular weight is 387 g/mol. The first-order valence-electron chi connectivity index (χ1n) is 8.30. The molecule has 3 aromatic rings. The molecule has 1 aliphatic rings. The SMILES string of the molecule is CC1(C)Cc2c(sc3[nH]c(=O)n(NC(=O)c4ccccc4O)c(=O)c23)CO1. The van der Waals surface area contributed by atoms with Crippen molar-refractivity contribution in [2.45, 2.75) is 32.5 Å². The Kier molecular flexibility index (Phi) is 3.93. The number of rotatable bonds is 2. The summed E-state index contributed by atoms with van der Waals surface area (Å²) in [5.41, 5.74) is 1.29. The van der Waals surface area contributed by atoms with E-state index in [4.69, 9.17) is 4.74 Å². The van der Waals surface area contributed by atoms with Gasteiger partial charge in [0.25, 0.3) is 11.5 Å². The number of nitrogens with one attached hydrogen (secondary N) is 2. The van der Waals surface area contributed by atoms with E-state index in [-0.39, 0.29) is 11.3 Å². The zero-order valence-electron chi connectivity index (χ0n) is 14.7. The van der Waals surface area contributed by atoms with Gasteiger partial charge in [0, 0.05) is 11.3 Å². The van der Waals surface area contributed by atoms with Crippen molar-refractivity contribution in [3.8, 4) is 5.75 Å². The Bertz CT molecular complexity index is 1190. The number of phenols is 1. The lowest BCUT2D eigenvalue weighted by Crippen LogP contribution is -2.43. The minimum atomic E-state index is -0.757. The van der Waals surface area contributed by atoms with Crippen molar-refractivity contribution in [2.24, 2.45) is 0 Å². The minimum absolute atomic E-state index is 0.0363. The molecule has 0 saturated carbocycles. The zero-order chi connectivity index (χ0) is 19.3. The van der Waals surface area contributed by atoms with E-state index in [1.165, 1.54) is 23.5 Å². The van der Waals surface area contributed by atoms with Gasteiger partial charge in [0.1, 0.15) is 10.6 Å². The highest BCUT2D eigenvalue weighted by molar-refractivity contribution is 7.18. The molecule has 0 atom stereocenters. The number of hydrogen-bond donors (Lipinski definition) is 3. The topological polar surface area (TPSA) is 113 Å². The maximum atomic E-state index is 13.0. The van der Waals surface area contributed by atoms with E-state index in [9.17, 15) is 19.5 Å². The summed E-state index contributed by atoms with van der Waals surface area (Å²) < 4.78 is 6.41. The third kappa shape index (κ3) is 2.94. The summed E-state index contributed by atoms with van der Waals surface area (Å²) in [5, 5.41) is 10.2. The second-order valence-corrected chi connectivity index (χ2v) is 8.07. The number of amides is 1. The zero-order valence-corrected chi connectivity index (χ0v) is 15.5. The number of carbonyl (C=O) groups excluding carboxylic acids is 1. The van der Waals surface area contributed by atoms with Crippen molar-refractivity contribution in [1.82, 2.24) is 9.66 Å². The van der Waals surface area contributed by atoms with Crippen molar-refractivity contribution in [3.05, 3.63) is 61.1 Å². The molecule has 0 fully saturated rings. The molecule has 0 saturated heterocycles. The van der Waals surface area contributed by atoms with Crippen molar-refractivity contribution >= 4 is 27.5 Å². The van der Waals surface area contributed by atoms with E-state index in [0.29, 0.717) is 27.9 Å². The number of ether oxygens (including phenoxy) is 1. The van der Waals surface area contributed by atoms with Gasteiger partial charge in [-0.25, -0.2) is 4.79 Å². The van der Waals surface area contributed by atoms with Crippen LogP contribution in [0.25, 0.3) is 10.2 Å². The first-order chi connectivity index (χ1) is 12.8. The van der Waals surface area contributed by atoms with Crippen LogP contribution in [0.1, 0.15) is 34.6 Å². The summed E-state index contributed by atoms with van der Waals surface area (Å²) in [6.45, 7) is 4.24. The number of benzene rings is 1. The summed E-state index contributed by atoms with van der Waals surface area (Å²) in [6.07, 6.45) is 0.525. The highest BCUT2D eigenvalue weighted by Crippen LogP contribution is 2.36. The highest BCUT2D eigenvalue weighted by atomic mass is 32.1. The Hall–Kier alpha value is -2.91. The van der Waals surface area contributed by atoms with E-state index in [1.807, 2.05) is 13.8 Å². The Balaban J connectivity index is 1.83. The number of carbonyl (C=O) groups is 1. The van der Waals surface area contributed by atoms with Crippen molar-refractivity contribution in [3.63, 3.8) is 0 Å². The molecule has 0 spiro atoms. The van der Waals surface area contributed by atoms with Gasteiger partial charge in [-0.1, -0.05) is 12.1 Å². The number of aromatic amines is 1. The fourth-order valence-corrected chi connectivity index (χ4v) is 4.27. The molecule has 2 aromatic heterocycles. The number of fused-ring (bicyclic) bond motifs is 3. The van der Waals surface area contributed by atoms with Gasteiger partial charge in [0.15, 0.2) is 0 Å². The van der Waals surface area contributed by atoms with Crippen LogP contribution >= 0.6 is 11.3 Å². The monoisotopic (exact) mass is 387 g/mol. The van der Waals surface area contributed by atoms with Crippen LogP contribution in [0.2, 0.25) is 0 Å². The molecule has 140 valence electrons. The average Bonchev–Trinajstić information content (AvgIpc) is 2.95. The van der Waals surface area contributed by atoms with Crippen LogP contribution in [-0.2, 0) is 17.8 Å². The highest BCUT2D eigenvalue weighted by Gasteiger charge is 2.31. The Morgan fingerprint density at radius 2 is 2.07 bits per heavy atom. The first-order valence-corrected chi connectivity index (χ1v) is 9.11. The number of para-hydroxylation sites is 1.